The van der Waals surface area contributed by atoms with Gasteiger partial charge >= 0.3 is 6.03 Å². The Morgan fingerprint density at radius 1 is 1.33 bits per heavy atom. The van der Waals surface area contributed by atoms with Gasteiger partial charge < -0.3 is 11.1 Å². The first kappa shape index (κ1) is 14.1. The van der Waals surface area contributed by atoms with E-state index in [2.05, 4.69) is 12.2 Å². The third kappa shape index (κ3) is 2.31. The second-order valence-corrected chi connectivity index (χ2v) is 6.21. The number of urea groups is 1. The van der Waals surface area contributed by atoms with Gasteiger partial charge in [0.15, 0.2) is 0 Å². The van der Waals surface area contributed by atoms with Crippen molar-refractivity contribution in [3.63, 3.8) is 0 Å². The summed E-state index contributed by atoms with van der Waals surface area (Å²) in [5, 5.41) is 2.93. The van der Waals surface area contributed by atoms with Gasteiger partial charge in [-0.15, -0.1) is 0 Å². The maximum absolute atomic E-state index is 12.8. The third-order valence-corrected chi connectivity index (χ3v) is 4.69. The fraction of sp³-hybridized carbons (Fsp3) is 0.500. The largest absolute Gasteiger partial charge is 0.329 e. The molecule has 1 saturated carbocycles. The molecule has 1 aromatic carbocycles. The molecule has 1 aliphatic heterocycles. The Labute approximate surface area is 124 Å². The Hall–Kier alpha value is -1.88. The molecule has 21 heavy (non-hydrogen) atoms. The van der Waals surface area contributed by atoms with Crippen LogP contribution in [-0.4, -0.2) is 17.5 Å². The van der Waals surface area contributed by atoms with Crippen molar-refractivity contribution in [2.24, 2.45) is 11.7 Å². The minimum atomic E-state index is -0.692. The van der Waals surface area contributed by atoms with Crippen LogP contribution in [-0.2, 0) is 11.3 Å². The molecular weight excluding hydrogens is 266 g/mol. The number of carbonyl (C=O) groups is 2. The molecule has 5 nitrogen and oxygen atoms in total. The summed E-state index contributed by atoms with van der Waals surface area (Å²) in [6.07, 6.45) is 3.41. The van der Waals surface area contributed by atoms with E-state index >= 15 is 0 Å². The third-order valence-electron chi connectivity index (χ3n) is 4.69. The van der Waals surface area contributed by atoms with Crippen molar-refractivity contribution in [1.82, 2.24) is 5.32 Å². The lowest BCUT2D eigenvalue weighted by Crippen LogP contribution is -2.49. The number of imide groups is 1. The molecule has 1 aliphatic carbocycles. The highest BCUT2D eigenvalue weighted by Gasteiger charge is 2.52. The Morgan fingerprint density at radius 3 is 2.71 bits per heavy atom. The zero-order valence-electron chi connectivity index (χ0n) is 12.3. The summed E-state index contributed by atoms with van der Waals surface area (Å²) >= 11 is 0. The number of carbonyl (C=O) groups excluding carboxylic acids is 2. The van der Waals surface area contributed by atoms with Crippen LogP contribution in [0.3, 0.4) is 0 Å². The van der Waals surface area contributed by atoms with Crippen LogP contribution < -0.4 is 16.0 Å². The number of nitrogens with zero attached hydrogens (tertiary/aromatic N) is 1. The van der Waals surface area contributed by atoms with E-state index in [4.69, 9.17) is 5.73 Å². The predicted molar refractivity (Wildman–Crippen MR) is 80.7 cm³/mol. The molecule has 0 atom stereocenters. The van der Waals surface area contributed by atoms with Gasteiger partial charge in [-0.1, -0.05) is 19.1 Å². The van der Waals surface area contributed by atoms with Crippen LogP contribution in [0.25, 0.3) is 0 Å². The van der Waals surface area contributed by atoms with E-state index in [1.807, 2.05) is 18.2 Å². The number of nitrogens with one attached hydrogen (secondary N) is 1. The molecule has 2 aliphatic rings. The van der Waals surface area contributed by atoms with Crippen molar-refractivity contribution < 1.29 is 9.59 Å². The number of amides is 3. The number of hydrogen-bond acceptors (Lipinski definition) is 3. The van der Waals surface area contributed by atoms with Crippen LogP contribution >= 0.6 is 0 Å². The van der Waals surface area contributed by atoms with E-state index in [-0.39, 0.29) is 11.9 Å². The van der Waals surface area contributed by atoms with Crippen molar-refractivity contribution in [2.75, 3.05) is 4.90 Å². The van der Waals surface area contributed by atoms with Crippen molar-refractivity contribution in [1.29, 1.82) is 0 Å². The summed E-state index contributed by atoms with van der Waals surface area (Å²) in [5.41, 5.74) is 6.46. The normalized spacial score (nSPS) is 29.0. The van der Waals surface area contributed by atoms with Gasteiger partial charge in [0.25, 0.3) is 5.91 Å². The maximum Gasteiger partial charge on any atom is 0.329 e. The Balaban J connectivity index is 1.90. The molecule has 5 heteroatoms. The SMILES string of the molecule is CC1CCC2(CC1)NC(=O)N(c1cccc(CN)c1)C2=O. The minimum Gasteiger partial charge on any atom is -0.326 e. The predicted octanol–water partition coefficient (Wildman–Crippen LogP) is 2.15. The highest BCUT2D eigenvalue weighted by atomic mass is 16.2. The van der Waals surface area contributed by atoms with E-state index in [0.29, 0.717) is 18.2 Å². The standard InChI is InChI=1S/C16H21N3O2/c1-11-5-7-16(8-6-11)14(20)19(15(21)18-16)13-4-2-3-12(9-13)10-17/h2-4,9,11H,5-8,10,17H2,1H3,(H,18,21). The van der Waals surface area contributed by atoms with E-state index < -0.39 is 5.54 Å². The van der Waals surface area contributed by atoms with Crippen LogP contribution in [0.2, 0.25) is 0 Å². The second-order valence-electron chi connectivity index (χ2n) is 6.21. The quantitative estimate of drug-likeness (QED) is 0.818. The molecule has 1 heterocycles. The number of nitrogens with two attached hydrogens (primary N) is 1. The summed E-state index contributed by atoms with van der Waals surface area (Å²) in [4.78, 5) is 26.4. The van der Waals surface area contributed by atoms with Crippen LogP contribution in [0.4, 0.5) is 10.5 Å². The van der Waals surface area contributed by atoms with Gasteiger partial charge in [0.1, 0.15) is 5.54 Å². The summed E-state index contributed by atoms with van der Waals surface area (Å²) in [6, 6.07) is 6.98. The first-order chi connectivity index (χ1) is 10.1. The smallest absolute Gasteiger partial charge is 0.326 e. The van der Waals surface area contributed by atoms with Gasteiger partial charge in [-0.25, -0.2) is 9.69 Å². The minimum absolute atomic E-state index is 0.117. The molecule has 1 aromatic rings. The van der Waals surface area contributed by atoms with Gasteiger partial charge in [0, 0.05) is 6.54 Å². The number of benzene rings is 1. The lowest BCUT2D eigenvalue weighted by Gasteiger charge is -2.33. The van der Waals surface area contributed by atoms with Gasteiger partial charge in [-0.05, 0) is 49.3 Å². The number of anilines is 1. The average molecular weight is 287 g/mol. The Morgan fingerprint density at radius 2 is 2.05 bits per heavy atom. The molecule has 1 spiro atoms. The van der Waals surface area contributed by atoms with Crippen molar-refractivity contribution in [2.45, 2.75) is 44.7 Å². The second kappa shape index (κ2) is 5.15. The van der Waals surface area contributed by atoms with Crippen molar-refractivity contribution >= 4 is 17.6 Å². The van der Waals surface area contributed by atoms with E-state index in [1.54, 1.807) is 6.07 Å². The molecule has 112 valence electrons. The van der Waals surface area contributed by atoms with Crippen molar-refractivity contribution in [3.8, 4) is 0 Å². The number of hydrogen-bond donors (Lipinski definition) is 2. The Bertz CT molecular complexity index is 577. The zero-order chi connectivity index (χ0) is 15.0. The van der Waals surface area contributed by atoms with E-state index in [0.717, 1.165) is 31.2 Å². The summed E-state index contributed by atoms with van der Waals surface area (Å²) in [7, 11) is 0. The maximum atomic E-state index is 12.8. The lowest BCUT2D eigenvalue weighted by atomic mass is 9.77. The van der Waals surface area contributed by atoms with Crippen LogP contribution in [0.15, 0.2) is 24.3 Å². The number of rotatable bonds is 2. The average Bonchev–Trinajstić information content (AvgIpc) is 2.73. The summed E-state index contributed by atoms with van der Waals surface area (Å²) < 4.78 is 0. The fourth-order valence-corrected chi connectivity index (χ4v) is 3.27. The highest BCUT2D eigenvalue weighted by molar-refractivity contribution is 6.23. The molecule has 0 radical (unpaired) electrons. The molecule has 1 saturated heterocycles. The van der Waals surface area contributed by atoms with Crippen molar-refractivity contribution in [3.05, 3.63) is 29.8 Å². The van der Waals surface area contributed by atoms with E-state index in [1.165, 1.54) is 4.90 Å². The van der Waals surface area contributed by atoms with E-state index in [9.17, 15) is 9.59 Å². The first-order valence-electron chi connectivity index (χ1n) is 7.51. The molecule has 2 fully saturated rings. The molecule has 3 N–H and O–H groups in total. The molecule has 3 amide bonds. The van der Waals surface area contributed by atoms with Crippen LogP contribution in [0, 0.1) is 5.92 Å². The topological polar surface area (TPSA) is 75.4 Å². The Kier molecular flexibility index (Phi) is 3.45. The zero-order valence-corrected chi connectivity index (χ0v) is 12.3. The van der Waals surface area contributed by atoms with Gasteiger partial charge in [0.05, 0.1) is 5.69 Å². The monoisotopic (exact) mass is 287 g/mol. The molecule has 0 aromatic heterocycles. The first-order valence-corrected chi connectivity index (χ1v) is 7.51. The summed E-state index contributed by atoms with van der Waals surface area (Å²) in [6.45, 7) is 2.58. The summed E-state index contributed by atoms with van der Waals surface area (Å²) in [5.74, 6) is 0.503. The molecular formula is C16H21N3O2. The highest BCUT2D eigenvalue weighted by Crippen LogP contribution is 2.37. The van der Waals surface area contributed by atoms with Gasteiger partial charge in [0.2, 0.25) is 0 Å². The molecule has 0 bridgehead atoms. The fourth-order valence-electron chi connectivity index (χ4n) is 3.27. The lowest BCUT2D eigenvalue weighted by molar-refractivity contribution is -0.123. The van der Waals surface area contributed by atoms with Gasteiger partial charge in [-0.2, -0.15) is 0 Å². The van der Waals surface area contributed by atoms with Crippen LogP contribution in [0.1, 0.15) is 38.2 Å². The molecule has 3 rings (SSSR count). The molecule has 0 unspecified atom stereocenters. The van der Waals surface area contributed by atoms with Gasteiger partial charge in [-0.3, -0.25) is 4.79 Å². The van der Waals surface area contributed by atoms with Crippen LogP contribution in [0.5, 0.6) is 0 Å².